The third kappa shape index (κ3) is 3.73. The molecule has 1 heterocycles. The van der Waals surface area contributed by atoms with Crippen LogP contribution in [-0.4, -0.2) is 30.2 Å². The molecule has 1 aliphatic rings. The van der Waals surface area contributed by atoms with Crippen molar-refractivity contribution in [3.63, 3.8) is 0 Å². The van der Waals surface area contributed by atoms with Gasteiger partial charge < -0.3 is 9.64 Å². The van der Waals surface area contributed by atoms with Gasteiger partial charge in [-0.25, -0.2) is 4.79 Å². The predicted octanol–water partition coefficient (Wildman–Crippen LogP) is 3.19. The Kier molecular flexibility index (Phi) is 5.51. The molecule has 0 bridgehead atoms. The van der Waals surface area contributed by atoms with Gasteiger partial charge in [0.1, 0.15) is 0 Å². The van der Waals surface area contributed by atoms with Crippen LogP contribution in [0.1, 0.15) is 52.4 Å². The SMILES string of the molecule is CCCOC(=O)N1CCCC[C@@H]1CCC. The van der Waals surface area contributed by atoms with Gasteiger partial charge in [-0.15, -0.1) is 0 Å². The molecule has 1 amide bonds. The summed E-state index contributed by atoms with van der Waals surface area (Å²) in [5.74, 6) is 0. The van der Waals surface area contributed by atoms with Gasteiger partial charge in [-0.3, -0.25) is 0 Å². The number of carbonyl (C=O) groups is 1. The summed E-state index contributed by atoms with van der Waals surface area (Å²) in [6.45, 7) is 5.62. The molecule has 0 aliphatic carbocycles. The minimum Gasteiger partial charge on any atom is -0.449 e. The summed E-state index contributed by atoms with van der Waals surface area (Å²) in [5.41, 5.74) is 0. The van der Waals surface area contributed by atoms with Gasteiger partial charge >= 0.3 is 6.09 Å². The van der Waals surface area contributed by atoms with Crippen LogP contribution in [0.2, 0.25) is 0 Å². The van der Waals surface area contributed by atoms with Crippen LogP contribution < -0.4 is 0 Å². The highest BCUT2D eigenvalue weighted by Gasteiger charge is 2.26. The topological polar surface area (TPSA) is 29.5 Å². The van der Waals surface area contributed by atoms with Crippen molar-refractivity contribution in [2.45, 2.75) is 58.4 Å². The molecule has 1 atom stereocenters. The summed E-state index contributed by atoms with van der Waals surface area (Å²) < 4.78 is 5.19. The van der Waals surface area contributed by atoms with Gasteiger partial charge in [0, 0.05) is 12.6 Å². The molecule has 3 nitrogen and oxygen atoms in total. The lowest BCUT2D eigenvalue weighted by atomic mass is 9.99. The normalized spacial score (nSPS) is 21.5. The van der Waals surface area contributed by atoms with Crippen LogP contribution in [0.4, 0.5) is 4.79 Å². The maximum absolute atomic E-state index is 11.7. The summed E-state index contributed by atoms with van der Waals surface area (Å²) in [4.78, 5) is 13.7. The van der Waals surface area contributed by atoms with Gasteiger partial charge in [0.15, 0.2) is 0 Å². The minimum atomic E-state index is -0.102. The van der Waals surface area contributed by atoms with Crippen LogP contribution in [0.25, 0.3) is 0 Å². The highest BCUT2D eigenvalue weighted by molar-refractivity contribution is 5.68. The van der Waals surface area contributed by atoms with Crippen molar-refractivity contribution in [1.29, 1.82) is 0 Å². The maximum atomic E-state index is 11.7. The number of carbonyl (C=O) groups excluding carboxylic acids is 1. The highest BCUT2D eigenvalue weighted by Crippen LogP contribution is 2.21. The molecule has 15 heavy (non-hydrogen) atoms. The number of rotatable bonds is 4. The van der Waals surface area contributed by atoms with Crippen molar-refractivity contribution in [2.24, 2.45) is 0 Å². The van der Waals surface area contributed by atoms with Crippen LogP contribution in [-0.2, 0) is 4.74 Å². The summed E-state index contributed by atoms with van der Waals surface area (Å²) in [6.07, 6.45) is 6.58. The molecule has 0 saturated carbocycles. The first-order chi connectivity index (χ1) is 7.29. The van der Waals surface area contributed by atoms with Crippen LogP contribution in [0, 0.1) is 0 Å². The Morgan fingerprint density at radius 1 is 1.33 bits per heavy atom. The Morgan fingerprint density at radius 2 is 2.13 bits per heavy atom. The van der Waals surface area contributed by atoms with Gasteiger partial charge in [0.2, 0.25) is 0 Å². The molecule has 1 rings (SSSR count). The van der Waals surface area contributed by atoms with E-state index >= 15 is 0 Å². The lowest BCUT2D eigenvalue weighted by molar-refractivity contribution is 0.0708. The van der Waals surface area contributed by atoms with Crippen LogP contribution in [0.3, 0.4) is 0 Å². The second-order valence-corrected chi connectivity index (χ2v) is 4.25. The monoisotopic (exact) mass is 213 g/mol. The summed E-state index contributed by atoms with van der Waals surface area (Å²) >= 11 is 0. The molecule has 0 spiro atoms. The molecule has 0 aromatic rings. The fourth-order valence-electron chi connectivity index (χ4n) is 2.15. The second kappa shape index (κ2) is 6.70. The Balaban J connectivity index is 2.43. The van der Waals surface area contributed by atoms with Crippen molar-refractivity contribution in [2.75, 3.05) is 13.2 Å². The predicted molar refractivity (Wildman–Crippen MR) is 60.9 cm³/mol. The maximum Gasteiger partial charge on any atom is 0.410 e. The molecule has 3 heteroatoms. The molecule has 1 saturated heterocycles. The van der Waals surface area contributed by atoms with E-state index in [1.807, 2.05) is 11.8 Å². The van der Waals surface area contributed by atoms with E-state index < -0.39 is 0 Å². The van der Waals surface area contributed by atoms with Crippen LogP contribution in [0.5, 0.6) is 0 Å². The van der Waals surface area contributed by atoms with Crippen molar-refractivity contribution in [3.8, 4) is 0 Å². The molecule has 0 unspecified atom stereocenters. The van der Waals surface area contributed by atoms with Gasteiger partial charge in [0.25, 0.3) is 0 Å². The Labute approximate surface area is 92.8 Å². The van der Waals surface area contributed by atoms with E-state index in [2.05, 4.69) is 6.92 Å². The number of likely N-dealkylation sites (tertiary alicyclic amines) is 1. The van der Waals surface area contributed by atoms with E-state index in [9.17, 15) is 4.79 Å². The first-order valence-corrected chi connectivity index (χ1v) is 6.23. The van der Waals surface area contributed by atoms with E-state index in [0.717, 1.165) is 38.6 Å². The number of nitrogens with zero attached hydrogens (tertiary/aromatic N) is 1. The summed E-state index contributed by atoms with van der Waals surface area (Å²) in [6, 6.07) is 0.424. The van der Waals surface area contributed by atoms with Crippen LogP contribution in [0.15, 0.2) is 0 Å². The van der Waals surface area contributed by atoms with Crippen molar-refractivity contribution >= 4 is 6.09 Å². The quantitative estimate of drug-likeness (QED) is 0.717. The Hall–Kier alpha value is -0.730. The first-order valence-electron chi connectivity index (χ1n) is 6.23. The molecule has 0 radical (unpaired) electrons. The molecule has 1 fully saturated rings. The molecular formula is C12H23NO2. The molecule has 0 N–H and O–H groups in total. The highest BCUT2D eigenvalue weighted by atomic mass is 16.6. The summed E-state index contributed by atoms with van der Waals surface area (Å²) in [7, 11) is 0. The average Bonchev–Trinajstić information content (AvgIpc) is 2.27. The Bertz CT molecular complexity index is 192. The zero-order chi connectivity index (χ0) is 11.1. The number of ether oxygens (including phenoxy) is 1. The van der Waals surface area contributed by atoms with E-state index in [1.54, 1.807) is 0 Å². The van der Waals surface area contributed by atoms with E-state index in [0.29, 0.717) is 12.6 Å². The first kappa shape index (κ1) is 12.3. The minimum absolute atomic E-state index is 0.102. The van der Waals surface area contributed by atoms with Crippen LogP contribution >= 0.6 is 0 Å². The van der Waals surface area contributed by atoms with Gasteiger partial charge in [-0.1, -0.05) is 20.3 Å². The molecule has 0 aromatic heterocycles. The smallest absolute Gasteiger partial charge is 0.410 e. The lowest BCUT2D eigenvalue weighted by Crippen LogP contribution is -2.44. The van der Waals surface area contributed by atoms with Crippen molar-refractivity contribution in [3.05, 3.63) is 0 Å². The zero-order valence-electron chi connectivity index (χ0n) is 10.00. The van der Waals surface area contributed by atoms with E-state index in [1.165, 1.54) is 6.42 Å². The van der Waals surface area contributed by atoms with E-state index in [-0.39, 0.29) is 6.09 Å². The molecular weight excluding hydrogens is 190 g/mol. The standard InChI is InChI=1S/C12H23NO2/c1-3-7-11-8-5-6-9-13(11)12(14)15-10-4-2/h11H,3-10H2,1-2H3/t11-/m0/s1. The summed E-state index contributed by atoms with van der Waals surface area (Å²) in [5, 5.41) is 0. The van der Waals surface area contributed by atoms with Gasteiger partial charge in [-0.05, 0) is 32.1 Å². The number of hydrogen-bond acceptors (Lipinski definition) is 2. The van der Waals surface area contributed by atoms with E-state index in [4.69, 9.17) is 4.74 Å². The van der Waals surface area contributed by atoms with Gasteiger partial charge in [0.05, 0.1) is 6.61 Å². The van der Waals surface area contributed by atoms with Crippen molar-refractivity contribution < 1.29 is 9.53 Å². The van der Waals surface area contributed by atoms with Crippen molar-refractivity contribution in [1.82, 2.24) is 4.90 Å². The second-order valence-electron chi connectivity index (χ2n) is 4.25. The molecule has 1 aliphatic heterocycles. The zero-order valence-corrected chi connectivity index (χ0v) is 10.00. The average molecular weight is 213 g/mol. The fraction of sp³-hybridized carbons (Fsp3) is 0.917. The largest absolute Gasteiger partial charge is 0.449 e. The number of piperidine rings is 1. The fourth-order valence-corrected chi connectivity index (χ4v) is 2.15. The molecule has 88 valence electrons. The third-order valence-electron chi connectivity index (χ3n) is 2.91. The Morgan fingerprint density at radius 3 is 2.80 bits per heavy atom. The number of hydrogen-bond donors (Lipinski definition) is 0. The third-order valence-corrected chi connectivity index (χ3v) is 2.91. The number of amides is 1. The molecule has 0 aromatic carbocycles. The lowest BCUT2D eigenvalue weighted by Gasteiger charge is -2.34. The van der Waals surface area contributed by atoms with Gasteiger partial charge in [-0.2, -0.15) is 0 Å².